The summed E-state index contributed by atoms with van der Waals surface area (Å²) in [6.07, 6.45) is -0.217. The van der Waals surface area contributed by atoms with E-state index >= 15 is 0 Å². The van der Waals surface area contributed by atoms with Gasteiger partial charge in [0.05, 0.1) is 18.8 Å². The molecular weight excluding hydrogens is 200 g/mol. The maximum Gasteiger partial charge on any atom is 0.290 e. The molecule has 0 spiro atoms. The van der Waals surface area contributed by atoms with Gasteiger partial charge in [-0.1, -0.05) is 0 Å². The van der Waals surface area contributed by atoms with Crippen molar-refractivity contribution >= 4 is 17.6 Å². The lowest BCUT2D eigenvalue weighted by Gasteiger charge is -2.41. The number of carbonyl (C=O) groups excluding carboxylic acids is 3. The van der Waals surface area contributed by atoms with Crippen LogP contribution in [0.3, 0.4) is 0 Å². The monoisotopic (exact) mass is 212 g/mol. The number of rotatable bonds is 1. The summed E-state index contributed by atoms with van der Waals surface area (Å²) < 4.78 is 0. The minimum Gasteiger partial charge on any atom is -0.368 e. The normalized spacial score (nSPS) is 32.0. The van der Waals surface area contributed by atoms with Crippen molar-refractivity contribution in [1.82, 2.24) is 15.5 Å². The molecule has 4 N–H and O–H groups in total. The van der Waals surface area contributed by atoms with E-state index in [0.717, 1.165) is 0 Å². The van der Waals surface area contributed by atoms with Crippen molar-refractivity contribution in [3.8, 4) is 0 Å². The highest BCUT2D eigenvalue weighted by atomic mass is 16.2. The van der Waals surface area contributed by atoms with Crippen LogP contribution in [-0.2, 0) is 14.4 Å². The van der Waals surface area contributed by atoms with E-state index in [1.54, 1.807) is 4.90 Å². The molecule has 2 saturated heterocycles. The van der Waals surface area contributed by atoms with Gasteiger partial charge in [0.2, 0.25) is 11.7 Å². The quantitative estimate of drug-likeness (QED) is 0.396. The number of piperazine rings is 1. The number of ketones is 1. The molecule has 0 bridgehead atoms. The number of primary amides is 1. The Morgan fingerprint density at radius 3 is 2.87 bits per heavy atom. The van der Waals surface area contributed by atoms with Crippen LogP contribution in [0.1, 0.15) is 0 Å². The predicted octanol–water partition coefficient (Wildman–Crippen LogP) is -3.23. The second-order valence-corrected chi connectivity index (χ2v) is 3.71. The van der Waals surface area contributed by atoms with Gasteiger partial charge in [0.1, 0.15) is 0 Å². The Balaban J connectivity index is 2.05. The van der Waals surface area contributed by atoms with Crippen molar-refractivity contribution in [3.05, 3.63) is 0 Å². The summed E-state index contributed by atoms with van der Waals surface area (Å²) in [5, 5.41) is 5.46. The first-order valence-electron chi connectivity index (χ1n) is 4.68. The molecule has 2 rings (SSSR count). The number of amides is 2. The summed E-state index contributed by atoms with van der Waals surface area (Å²) in [7, 11) is 0. The predicted molar refractivity (Wildman–Crippen MR) is 49.5 cm³/mol. The zero-order chi connectivity index (χ0) is 11.0. The smallest absolute Gasteiger partial charge is 0.290 e. The average molecular weight is 212 g/mol. The molecule has 2 atom stereocenters. The average Bonchev–Trinajstić information content (AvgIpc) is 2.19. The van der Waals surface area contributed by atoms with Crippen LogP contribution >= 0.6 is 0 Å². The second kappa shape index (κ2) is 3.59. The van der Waals surface area contributed by atoms with Gasteiger partial charge in [-0.05, 0) is 0 Å². The molecule has 7 nitrogen and oxygen atoms in total. The maximum atomic E-state index is 11.1. The van der Waals surface area contributed by atoms with Gasteiger partial charge in [-0.3, -0.25) is 19.3 Å². The SMILES string of the molecule is NC(=O)C1CN2CC(=O)C(=O)NC2CN1. The Bertz CT molecular complexity index is 330. The molecule has 2 aliphatic heterocycles. The lowest BCUT2D eigenvalue weighted by Crippen LogP contribution is -2.69. The number of fused-ring (bicyclic) bond motifs is 1. The lowest BCUT2D eigenvalue weighted by atomic mass is 10.1. The molecule has 2 fully saturated rings. The number of hydrogen-bond donors (Lipinski definition) is 3. The third-order valence-corrected chi connectivity index (χ3v) is 2.66. The van der Waals surface area contributed by atoms with Crippen molar-refractivity contribution in [3.63, 3.8) is 0 Å². The highest BCUT2D eigenvalue weighted by Gasteiger charge is 2.37. The van der Waals surface area contributed by atoms with Crippen LogP contribution in [0.25, 0.3) is 0 Å². The van der Waals surface area contributed by atoms with Crippen LogP contribution in [0, 0.1) is 0 Å². The molecule has 7 heteroatoms. The van der Waals surface area contributed by atoms with Crippen molar-refractivity contribution in [2.24, 2.45) is 5.73 Å². The number of nitrogens with two attached hydrogens (primary N) is 1. The van der Waals surface area contributed by atoms with Gasteiger partial charge in [-0.2, -0.15) is 0 Å². The summed E-state index contributed by atoms with van der Waals surface area (Å²) in [5.41, 5.74) is 5.15. The molecule has 82 valence electrons. The molecule has 0 aromatic carbocycles. The van der Waals surface area contributed by atoms with E-state index in [-0.39, 0.29) is 12.7 Å². The molecule has 0 radical (unpaired) electrons. The zero-order valence-electron chi connectivity index (χ0n) is 8.03. The maximum absolute atomic E-state index is 11.1. The molecule has 0 aliphatic carbocycles. The van der Waals surface area contributed by atoms with Crippen LogP contribution in [-0.4, -0.2) is 54.3 Å². The fraction of sp³-hybridized carbons (Fsp3) is 0.625. The fourth-order valence-electron chi connectivity index (χ4n) is 1.80. The molecule has 2 unspecified atom stereocenters. The van der Waals surface area contributed by atoms with Crippen molar-refractivity contribution < 1.29 is 14.4 Å². The molecule has 0 saturated carbocycles. The third kappa shape index (κ3) is 1.83. The molecular formula is C8H12N4O3. The van der Waals surface area contributed by atoms with E-state index in [4.69, 9.17) is 5.73 Å². The topological polar surface area (TPSA) is 105 Å². The Kier molecular flexibility index (Phi) is 2.41. The van der Waals surface area contributed by atoms with Gasteiger partial charge in [0.25, 0.3) is 5.91 Å². The highest BCUT2D eigenvalue weighted by molar-refractivity contribution is 6.37. The minimum atomic E-state index is -0.560. The molecule has 2 amide bonds. The van der Waals surface area contributed by atoms with E-state index in [1.807, 2.05) is 0 Å². The summed E-state index contributed by atoms with van der Waals surface area (Å²) in [6, 6.07) is -0.455. The van der Waals surface area contributed by atoms with Crippen molar-refractivity contribution in [1.29, 1.82) is 0 Å². The van der Waals surface area contributed by atoms with Crippen LogP contribution < -0.4 is 16.4 Å². The number of hydrogen-bond acceptors (Lipinski definition) is 5. The van der Waals surface area contributed by atoms with E-state index in [0.29, 0.717) is 13.1 Å². The third-order valence-electron chi connectivity index (χ3n) is 2.66. The Labute approximate surface area is 86.0 Å². The van der Waals surface area contributed by atoms with Gasteiger partial charge in [-0.15, -0.1) is 0 Å². The van der Waals surface area contributed by atoms with E-state index < -0.39 is 23.6 Å². The number of nitrogens with zero attached hydrogens (tertiary/aromatic N) is 1. The second-order valence-electron chi connectivity index (χ2n) is 3.71. The summed E-state index contributed by atoms with van der Waals surface area (Å²) in [4.78, 5) is 34.9. The standard InChI is InChI=1S/C8H12N4O3/c9-7(14)4-2-12-3-5(13)8(15)11-6(12)1-10-4/h4,6,10H,1-3H2,(H2,9,14)(H,11,15). The first-order valence-corrected chi connectivity index (χ1v) is 4.68. The van der Waals surface area contributed by atoms with Gasteiger partial charge >= 0.3 is 0 Å². The molecule has 2 heterocycles. The first kappa shape index (κ1) is 10.1. The summed E-state index contributed by atoms with van der Waals surface area (Å²) >= 11 is 0. The van der Waals surface area contributed by atoms with Crippen molar-refractivity contribution in [2.75, 3.05) is 19.6 Å². The summed E-state index contributed by atoms with van der Waals surface area (Å²) in [5.74, 6) is -1.48. The van der Waals surface area contributed by atoms with Gasteiger partial charge < -0.3 is 16.4 Å². The lowest BCUT2D eigenvalue weighted by molar-refractivity contribution is -0.145. The van der Waals surface area contributed by atoms with Gasteiger partial charge in [0.15, 0.2) is 0 Å². The largest absolute Gasteiger partial charge is 0.368 e. The van der Waals surface area contributed by atoms with Crippen molar-refractivity contribution in [2.45, 2.75) is 12.2 Å². The van der Waals surface area contributed by atoms with Crippen LogP contribution in [0.4, 0.5) is 0 Å². The number of Topliss-reactive ketones (excluding diaryl/α,β-unsaturated/α-hetero) is 1. The van der Waals surface area contributed by atoms with Gasteiger partial charge in [0, 0.05) is 13.1 Å². The van der Waals surface area contributed by atoms with E-state index in [2.05, 4.69) is 10.6 Å². The minimum absolute atomic E-state index is 0.0575. The van der Waals surface area contributed by atoms with Crippen LogP contribution in [0.2, 0.25) is 0 Å². The van der Waals surface area contributed by atoms with Gasteiger partial charge in [-0.25, -0.2) is 0 Å². The van der Waals surface area contributed by atoms with E-state index in [1.165, 1.54) is 0 Å². The molecule has 0 aromatic rings. The number of nitrogens with one attached hydrogen (secondary N) is 2. The Morgan fingerprint density at radius 1 is 1.47 bits per heavy atom. The zero-order valence-corrected chi connectivity index (χ0v) is 8.03. The summed E-state index contributed by atoms with van der Waals surface area (Å²) in [6.45, 7) is 0.834. The molecule has 2 aliphatic rings. The Hall–Kier alpha value is -1.47. The Morgan fingerprint density at radius 2 is 2.20 bits per heavy atom. The molecule has 15 heavy (non-hydrogen) atoms. The highest BCUT2D eigenvalue weighted by Crippen LogP contribution is 2.08. The number of carbonyl (C=O) groups is 3. The fourth-order valence-corrected chi connectivity index (χ4v) is 1.80. The molecule has 0 aromatic heterocycles. The van der Waals surface area contributed by atoms with Crippen LogP contribution in [0.15, 0.2) is 0 Å². The van der Waals surface area contributed by atoms with E-state index in [9.17, 15) is 14.4 Å². The van der Waals surface area contributed by atoms with Crippen LogP contribution in [0.5, 0.6) is 0 Å². The first-order chi connectivity index (χ1) is 7.08.